The Labute approximate surface area is 194 Å². The Morgan fingerprint density at radius 1 is 1.03 bits per heavy atom. The first kappa shape index (κ1) is 21.6. The van der Waals surface area contributed by atoms with Gasteiger partial charge in [0.25, 0.3) is 5.91 Å². The molecule has 0 aliphatic heterocycles. The first-order valence-corrected chi connectivity index (χ1v) is 10.8. The second-order valence-electron chi connectivity index (χ2n) is 7.15. The predicted octanol–water partition coefficient (Wildman–Crippen LogP) is 6.36. The minimum Gasteiger partial charge on any atom is -0.488 e. The van der Waals surface area contributed by atoms with Crippen molar-refractivity contribution in [1.29, 1.82) is 0 Å². The van der Waals surface area contributed by atoms with Crippen molar-refractivity contribution in [2.24, 2.45) is 5.10 Å². The van der Waals surface area contributed by atoms with E-state index in [9.17, 15) is 4.79 Å². The summed E-state index contributed by atoms with van der Waals surface area (Å²) in [6.07, 6.45) is 1.47. The number of aryl methyl sites for hydroxylation is 1. The molecular weight excluding hydrogens is 468 g/mol. The summed E-state index contributed by atoms with van der Waals surface area (Å²) in [7, 11) is 0. The standard InChI is InChI=1S/C26H21BrN2O3/c1-18-11-13-21(23(27)15-18)25-14-12-20(32-25)16-28-29-26(30)22-9-5-6-10-24(22)31-17-19-7-3-2-4-8-19/h2-16H,17H2,1H3,(H,29,30)/b28-16+. The number of nitrogens with one attached hydrogen (secondary N) is 1. The van der Waals surface area contributed by atoms with E-state index in [1.807, 2.05) is 67.6 Å². The molecule has 0 saturated carbocycles. The van der Waals surface area contributed by atoms with Crippen molar-refractivity contribution in [3.05, 3.63) is 112 Å². The Kier molecular flexibility index (Phi) is 6.82. The van der Waals surface area contributed by atoms with Crippen LogP contribution in [0, 0.1) is 6.92 Å². The molecule has 6 heteroatoms. The average molecular weight is 489 g/mol. The molecule has 0 spiro atoms. The molecule has 3 aromatic carbocycles. The van der Waals surface area contributed by atoms with Crippen LogP contribution >= 0.6 is 15.9 Å². The maximum Gasteiger partial charge on any atom is 0.275 e. The number of rotatable bonds is 7. The third-order valence-corrected chi connectivity index (χ3v) is 5.40. The van der Waals surface area contributed by atoms with Crippen LogP contribution in [0.3, 0.4) is 0 Å². The Hall–Kier alpha value is -3.64. The lowest BCUT2D eigenvalue weighted by Gasteiger charge is -2.10. The van der Waals surface area contributed by atoms with E-state index in [0.29, 0.717) is 29.4 Å². The minimum atomic E-state index is -0.363. The molecular formula is C26H21BrN2O3. The van der Waals surface area contributed by atoms with Crippen LogP contribution in [-0.2, 0) is 6.61 Å². The SMILES string of the molecule is Cc1ccc(-c2ccc(/C=N/NC(=O)c3ccccc3OCc3ccccc3)o2)c(Br)c1. The van der Waals surface area contributed by atoms with Crippen LogP contribution in [0.1, 0.15) is 27.2 Å². The molecule has 0 aliphatic rings. The van der Waals surface area contributed by atoms with E-state index in [1.54, 1.807) is 24.3 Å². The van der Waals surface area contributed by atoms with Gasteiger partial charge in [0.2, 0.25) is 0 Å². The quantitative estimate of drug-likeness (QED) is 0.243. The number of hydrogen-bond acceptors (Lipinski definition) is 4. The fourth-order valence-corrected chi connectivity index (χ4v) is 3.81. The van der Waals surface area contributed by atoms with Crippen LogP contribution in [0.15, 0.2) is 98.9 Å². The van der Waals surface area contributed by atoms with Crippen molar-refractivity contribution in [2.45, 2.75) is 13.5 Å². The summed E-state index contributed by atoms with van der Waals surface area (Å²) in [4.78, 5) is 12.6. The second kappa shape index (κ2) is 10.1. The largest absolute Gasteiger partial charge is 0.488 e. The lowest BCUT2D eigenvalue weighted by atomic mass is 10.1. The van der Waals surface area contributed by atoms with E-state index < -0.39 is 0 Å². The van der Waals surface area contributed by atoms with E-state index in [-0.39, 0.29) is 5.91 Å². The van der Waals surface area contributed by atoms with E-state index in [1.165, 1.54) is 6.21 Å². The van der Waals surface area contributed by atoms with Gasteiger partial charge in [0.1, 0.15) is 23.9 Å². The van der Waals surface area contributed by atoms with E-state index in [0.717, 1.165) is 21.2 Å². The summed E-state index contributed by atoms with van der Waals surface area (Å²) in [5.74, 6) is 1.37. The number of para-hydroxylation sites is 1. The number of nitrogens with zero attached hydrogens (tertiary/aromatic N) is 1. The molecule has 1 heterocycles. The van der Waals surface area contributed by atoms with Gasteiger partial charge in [-0.05, 0) is 54.4 Å². The lowest BCUT2D eigenvalue weighted by molar-refractivity contribution is 0.0950. The molecule has 0 atom stereocenters. The number of halogens is 1. The van der Waals surface area contributed by atoms with Gasteiger partial charge >= 0.3 is 0 Å². The Bertz CT molecular complexity index is 1250. The maximum absolute atomic E-state index is 12.6. The normalized spacial score (nSPS) is 10.9. The van der Waals surface area contributed by atoms with Gasteiger partial charge in [0.15, 0.2) is 0 Å². The number of benzene rings is 3. The van der Waals surface area contributed by atoms with Gasteiger partial charge in [-0.25, -0.2) is 5.43 Å². The molecule has 0 unspecified atom stereocenters. The lowest BCUT2D eigenvalue weighted by Crippen LogP contribution is -2.18. The zero-order chi connectivity index (χ0) is 22.3. The van der Waals surface area contributed by atoms with Gasteiger partial charge in [-0.2, -0.15) is 5.10 Å². The highest BCUT2D eigenvalue weighted by Gasteiger charge is 2.12. The van der Waals surface area contributed by atoms with Crippen LogP contribution < -0.4 is 10.2 Å². The van der Waals surface area contributed by atoms with Gasteiger partial charge in [-0.3, -0.25) is 4.79 Å². The molecule has 4 rings (SSSR count). The van der Waals surface area contributed by atoms with Gasteiger partial charge in [-0.15, -0.1) is 0 Å². The molecule has 0 saturated heterocycles. The van der Waals surface area contributed by atoms with Crippen molar-refractivity contribution >= 4 is 28.1 Å². The third kappa shape index (κ3) is 5.34. The number of hydrogen-bond donors (Lipinski definition) is 1. The van der Waals surface area contributed by atoms with Gasteiger partial charge in [-0.1, -0.05) is 64.5 Å². The maximum atomic E-state index is 12.6. The molecule has 0 aliphatic carbocycles. The van der Waals surface area contributed by atoms with Gasteiger partial charge in [0.05, 0.1) is 11.8 Å². The van der Waals surface area contributed by atoms with Crippen LogP contribution in [0.25, 0.3) is 11.3 Å². The molecule has 4 aromatic rings. The van der Waals surface area contributed by atoms with E-state index >= 15 is 0 Å². The molecule has 160 valence electrons. The molecule has 0 fully saturated rings. The topological polar surface area (TPSA) is 63.8 Å². The molecule has 0 radical (unpaired) electrons. The molecule has 5 nitrogen and oxygen atoms in total. The van der Waals surface area contributed by atoms with Crippen molar-refractivity contribution in [1.82, 2.24) is 5.43 Å². The molecule has 1 aromatic heterocycles. The first-order valence-electron chi connectivity index (χ1n) is 10.1. The summed E-state index contributed by atoms with van der Waals surface area (Å²) in [6, 6.07) is 26.6. The first-order chi connectivity index (χ1) is 15.6. The van der Waals surface area contributed by atoms with Crippen molar-refractivity contribution in [2.75, 3.05) is 0 Å². The van der Waals surface area contributed by atoms with Crippen molar-refractivity contribution < 1.29 is 13.9 Å². The third-order valence-electron chi connectivity index (χ3n) is 4.74. The highest BCUT2D eigenvalue weighted by Crippen LogP contribution is 2.30. The van der Waals surface area contributed by atoms with Gasteiger partial charge in [0, 0.05) is 10.0 Å². The van der Waals surface area contributed by atoms with Crippen molar-refractivity contribution in [3.8, 4) is 17.1 Å². The minimum absolute atomic E-state index is 0.363. The predicted molar refractivity (Wildman–Crippen MR) is 129 cm³/mol. The number of ether oxygens (including phenoxy) is 1. The zero-order valence-corrected chi connectivity index (χ0v) is 19.0. The van der Waals surface area contributed by atoms with E-state index in [4.69, 9.17) is 9.15 Å². The zero-order valence-electron chi connectivity index (χ0n) is 17.4. The molecule has 0 bridgehead atoms. The monoisotopic (exact) mass is 488 g/mol. The summed E-state index contributed by atoms with van der Waals surface area (Å²) in [6.45, 7) is 2.40. The summed E-state index contributed by atoms with van der Waals surface area (Å²) in [5, 5.41) is 4.04. The van der Waals surface area contributed by atoms with E-state index in [2.05, 4.69) is 26.5 Å². The highest BCUT2D eigenvalue weighted by atomic mass is 79.9. The van der Waals surface area contributed by atoms with Crippen LogP contribution in [0.5, 0.6) is 5.75 Å². The Balaban J connectivity index is 1.40. The number of furan rings is 1. The fourth-order valence-electron chi connectivity index (χ4n) is 3.12. The fraction of sp³-hybridized carbons (Fsp3) is 0.0769. The number of amides is 1. The number of hydrazone groups is 1. The Morgan fingerprint density at radius 3 is 2.62 bits per heavy atom. The van der Waals surface area contributed by atoms with Crippen LogP contribution in [-0.4, -0.2) is 12.1 Å². The summed E-state index contributed by atoms with van der Waals surface area (Å²) in [5.41, 5.74) is 6.07. The second-order valence-corrected chi connectivity index (χ2v) is 8.01. The molecule has 1 amide bonds. The number of carbonyl (C=O) groups excluding carboxylic acids is 1. The van der Waals surface area contributed by atoms with Crippen LogP contribution in [0.4, 0.5) is 0 Å². The number of carbonyl (C=O) groups is 1. The summed E-state index contributed by atoms with van der Waals surface area (Å²) < 4.78 is 12.6. The highest BCUT2D eigenvalue weighted by molar-refractivity contribution is 9.10. The molecule has 32 heavy (non-hydrogen) atoms. The van der Waals surface area contributed by atoms with Crippen LogP contribution in [0.2, 0.25) is 0 Å². The smallest absolute Gasteiger partial charge is 0.275 e. The van der Waals surface area contributed by atoms with Crippen molar-refractivity contribution in [3.63, 3.8) is 0 Å². The average Bonchev–Trinajstić information content (AvgIpc) is 3.27. The molecule has 1 N–H and O–H groups in total. The summed E-state index contributed by atoms with van der Waals surface area (Å²) >= 11 is 3.56. The van der Waals surface area contributed by atoms with Gasteiger partial charge < -0.3 is 9.15 Å². The Morgan fingerprint density at radius 2 is 1.81 bits per heavy atom.